The Morgan fingerprint density at radius 1 is 1.26 bits per heavy atom. The molecule has 5 heteroatoms. The molecule has 0 saturated carbocycles. The number of nitrogens with one attached hydrogen (secondary N) is 1. The lowest BCUT2D eigenvalue weighted by atomic mass is 10.1. The maximum atomic E-state index is 12.9. The fraction of sp³-hybridized carbons (Fsp3) is 0.500. The van der Waals surface area contributed by atoms with Crippen LogP contribution in [0.3, 0.4) is 0 Å². The Morgan fingerprint density at radius 2 is 1.95 bits per heavy atom. The number of aryl methyl sites for hydroxylation is 1. The zero-order valence-electron chi connectivity index (χ0n) is 11.2. The molecule has 1 aromatic rings. The third-order valence-corrected chi connectivity index (χ3v) is 2.82. The smallest absolute Gasteiger partial charge is 0.224 e. The van der Waals surface area contributed by atoms with Crippen LogP contribution in [0.5, 0.6) is 0 Å². The number of carbonyl (C=O) groups is 1. The monoisotopic (exact) mass is 288 g/mol. The van der Waals surface area contributed by atoms with E-state index in [1.54, 1.807) is 13.0 Å². The van der Waals surface area contributed by atoms with Gasteiger partial charge in [0.25, 0.3) is 0 Å². The van der Waals surface area contributed by atoms with Gasteiger partial charge in [-0.25, -0.2) is 4.39 Å². The predicted octanol–water partition coefficient (Wildman–Crippen LogP) is 3.40. The third-order valence-electron chi connectivity index (χ3n) is 2.82. The van der Waals surface area contributed by atoms with Gasteiger partial charge in [-0.05, 0) is 50.1 Å². The molecule has 1 rings (SSSR count). The molecule has 0 atom stereocenters. The molecule has 1 amide bonds. The zero-order valence-corrected chi connectivity index (χ0v) is 12.1. The van der Waals surface area contributed by atoms with Gasteiger partial charge in [0.1, 0.15) is 5.82 Å². The molecule has 0 aliphatic heterocycles. The summed E-state index contributed by atoms with van der Waals surface area (Å²) in [6, 6.07) is 4.36. The molecule has 0 saturated heterocycles. The molecule has 3 N–H and O–H groups in total. The predicted molar refractivity (Wildman–Crippen MR) is 79.2 cm³/mol. The van der Waals surface area contributed by atoms with Crippen LogP contribution in [-0.2, 0) is 4.79 Å². The highest BCUT2D eigenvalue weighted by atomic mass is 35.5. The van der Waals surface area contributed by atoms with Crippen molar-refractivity contribution in [3.63, 3.8) is 0 Å². The number of hydrogen-bond acceptors (Lipinski definition) is 2. The molecule has 108 valence electrons. The number of amides is 1. The van der Waals surface area contributed by atoms with E-state index in [4.69, 9.17) is 5.73 Å². The third kappa shape index (κ3) is 7.13. The lowest BCUT2D eigenvalue weighted by Crippen LogP contribution is -2.12. The van der Waals surface area contributed by atoms with Crippen LogP contribution < -0.4 is 11.1 Å². The van der Waals surface area contributed by atoms with Gasteiger partial charge in [0.15, 0.2) is 0 Å². The molecular weight excluding hydrogens is 267 g/mol. The molecule has 0 aliphatic carbocycles. The van der Waals surface area contributed by atoms with Crippen LogP contribution in [0.1, 0.15) is 37.7 Å². The maximum absolute atomic E-state index is 12.9. The molecule has 0 fully saturated rings. The van der Waals surface area contributed by atoms with E-state index in [-0.39, 0.29) is 24.1 Å². The summed E-state index contributed by atoms with van der Waals surface area (Å²) in [5.74, 6) is -0.301. The first-order chi connectivity index (χ1) is 8.63. The maximum Gasteiger partial charge on any atom is 0.224 e. The van der Waals surface area contributed by atoms with E-state index in [9.17, 15) is 9.18 Å². The van der Waals surface area contributed by atoms with Gasteiger partial charge in [0, 0.05) is 12.1 Å². The van der Waals surface area contributed by atoms with E-state index in [0.717, 1.165) is 31.2 Å². The number of hydrogen-bond donors (Lipinski definition) is 2. The van der Waals surface area contributed by atoms with Gasteiger partial charge in [0.2, 0.25) is 5.91 Å². The summed E-state index contributed by atoms with van der Waals surface area (Å²) in [6.45, 7) is 2.49. The highest BCUT2D eigenvalue weighted by Gasteiger charge is 2.05. The van der Waals surface area contributed by atoms with E-state index >= 15 is 0 Å². The van der Waals surface area contributed by atoms with Gasteiger partial charge < -0.3 is 11.1 Å². The molecule has 19 heavy (non-hydrogen) atoms. The zero-order chi connectivity index (χ0) is 13.4. The summed E-state index contributed by atoms with van der Waals surface area (Å²) in [5.41, 5.74) is 6.82. The van der Waals surface area contributed by atoms with E-state index < -0.39 is 0 Å². The lowest BCUT2D eigenvalue weighted by Gasteiger charge is -2.08. The molecule has 0 unspecified atom stereocenters. The summed E-state index contributed by atoms with van der Waals surface area (Å²) in [6.07, 6.45) is 4.47. The summed E-state index contributed by atoms with van der Waals surface area (Å²) in [4.78, 5) is 11.7. The minimum absolute atomic E-state index is 0. The second kappa shape index (κ2) is 9.75. The number of nitrogens with two attached hydrogens (primary N) is 1. The largest absolute Gasteiger partial charge is 0.330 e. The first kappa shape index (κ1) is 17.9. The number of carbonyl (C=O) groups excluding carboxylic acids is 1. The Balaban J connectivity index is 0.00000324. The molecule has 0 bridgehead atoms. The summed E-state index contributed by atoms with van der Waals surface area (Å²) >= 11 is 0. The van der Waals surface area contributed by atoms with Crippen LogP contribution in [0.4, 0.5) is 10.1 Å². The van der Waals surface area contributed by atoms with Crippen molar-refractivity contribution < 1.29 is 9.18 Å². The highest BCUT2D eigenvalue weighted by Crippen LogP contribution is 2.16. The SMILES string of the molecule is Cc1cc(F)ccc1NC(=O)CCCCCCN.Cl. The average molecular weight is 289 g/mol. The van der Waals surface area contributed by atoms with Crippen molar-refractivity contribution in [3.8, 4) is 0 Å². The molecular formula is C14H22ClFN2O. The fourth-order valence-electron chi connectivity index (χ4n) is 1.76. The summed E-state index contributed by atoms with van der Waals surface area (Å²) in [5, 5.41) is 2.80. The molecule has 0 heterocycles. The van der Waals surface area contributed by atoms with Gasteiger partial charge in [0.05, 0.1) is 0 Å². The molecule has 0 radical (unpaired) electrons. The van der Waals surface area contributed by atoms with Crippen LogP contribution in [0, 0.1) is 12.7 Å². The van der Waals surface area contributed by atoms with Gasteiger partial charge >= 0.3 is 0 Å². The Labute approximate surface area is 120 Å². The number of rotatable bonds is 7. The Hall–Kier alpha value is -1.13. The van der Waals surface area contributed by atoms with E-state index in [0.29, 0.717) is 18.7 Å². The van der Waals surface area contributed by atoms with E-state index in [1.807, 2.05) is 0 Å². The Bertz CT molecular complexity index is 399. The summed E-state index contributed by atoms with van der Waals surface area (Å²) in [7, 11) is 0. The standard InChI is InChI=1S/C14H21FN2O.ClH/c1-11-10-12(15)7-8-13(11)17-14(18)6-4-2-3-5-9-16;/h7-8,10H,2-6,9,16H2,1H3,(H,17,18);1H. The number of benzene rings is 1. The second-order valence-electron chi connectivity index (χ2n) is 4.46. The van der Waals surface area contributed by atoms with Crippen molar-refractivity contribution in [2.24, 2.45) is 5.73 Å². The first-order valence-electron chi connectivity index (χ1n) is 6.39. The number of anilines is 1. The van der Waals surface area contributed by atoms with E-state index in [1.165, 1.54) is 12.1 Å². The topological polar surface area (TPSA) is 55.1 Å². The van der Waals surface area contributed by atoms with Crippen LogP contribution in [0.2, 0.25) is 0 Å². The quantitative estimate of drug-likeness (QED) is 0.756. The lowest BCUT2D eigenvalue weighted by molar-refractivity contribution is -0.116. The highest BCUT2D eigenvalue weighted by molar-refractivity contribution is 5.91. The van der Waals surface area contributed by atoms with Crippen molar-refractivity contribution in [2.45, 2.75) is 39.0 Å². The van der Waals surface area contributed by atoms with Gasteiger partial charge in [-0.2, -0.15) is 0 Å². The fourth-order valence-corrected chi connectivity index (χ4v) is 1.76. The number of halogens is 2. The molecule has 1 aromatic carbocycles. The van der Waals surface area contributed by atoms with Gasteiger partial charge in [-0.3, -0.25) is 4.79 Å². The van der Waals surface area contributed by atoms with Gasteiger partial charge in [-0.15, -0.1) is 12.4 Å². The van der Waals surface area contributed by atoms with Crippen molar-refractivity contribution in [1.29, 1.82) is 0 Å². The van der Waals surface area contributed by atoms with Crippen molar-refractivity contribution in [2.75, 3.05) is 11.9 Å². The molecule has 0 aromatic heterocycles. The minimum atomic E-state index is -0.285. The number of unbranched alkanes of at least 4 members (excludes halogenated alkanes) is 3. The van der Waals surface area contributed by atoms with E-state index in [2.05, 4.69) is 5.32 Å². The normalized spacial score (nSPS) is 9.84. The second-order valence-corrected chi connectivity index (χ2v) is 4.46. The Morgan fingerprint density at radius 3 is 2.58 bits per heavy atom. The first-order valence-corrected chi connectivity index (χ1v) is 6.39. The van der Waals surface area contributed by atoms with Crippen LogP contribution in [0.25, 0.3) is 0 Å². The van der Waals surface area contributed by atoms with Crippen molar-refractivity contribution >= 4 is 24.0 Å². The Kier molecular flexibility index (Phi) is 9.17. The van der Waals surface area contributed by atoms with Crippen LogP contribution >= 0.6 is 12.4 Å². The molecule has 0 aliphatic rings. The molecule has 0 spiro atoms. The van der Waals surface area contributed by atoms with Crippen molar-refractivity contribution in [3.05, 3.63) is 29.6 Å². The van der Waals surface area contributed by atoms with Crippen molar-refractivity contribution in [1.82, 2.24) is 0 Å². The average Bonchev–Trinajstić information content (AvgIpc) is 2.32. The summed E-state index contributed by atoms with van der Waals surface area (Å²) < 4.78 is 12.9. The molecule has 3 nitrogen and oxygen atoms in total. The van der Waals surface area contributed by atoms with Crippen LogP contribution in [0.15, 0.2) is 18.2 Å². The van der Waals surface area contributed by atoms with Gasteiger partial charge in [-0.1, -0.05) is 12.8 Å². The minimum Gasteiger partial charge on any atom is -0.330 e. The van der Waals surface area contributed by atoms with Crippen LogP contribution in [-0.4, -0.2) is 12.5 Å².